The minimum atomic E-state index is -1.17. The summed E-state index contributed by atoms with van der Waals surface area (Å²) in [5.74, 6) is 0.388. The van der Waals surface area contributed by atoms with E-state index in [0.717, 1.165) is 0 Å². The Kier molecular flexibility index (Phi) is 5.18. The molecule has 1 amide bonds. The van der Waals surface area contributed by atoms with Crippen molar-refractivity contribution in [3.63, 3.8) is 0 Å². The second-order valence-corrected chi connectivity index (χ2v) is 8.16. The van der Waals surface area contributed by atoms with Crippen molar-refractivity contribution in [2.75, 3.05) is 20.2 Å². The van der Waals surface area contributed by atoms with Gasteiger partial charge < -0.3 is 24.2 Å². The fourth-order valence-corrected chi connectivity index (χ4v) is 3.62. The lowest BCUT2D eigenvalue weighted by Crippen LogP contribution is -2.53. The molecule has 1 aromatic carbocycles. The van der Waals surface area contributed by atoms with Crippen LogP contribution in [-0.4, -0.2) is 53.3 Å². The number of ether oxygens (including phenoxy) is 3. The van der Waals surface area contributed by atoms with Crippen molar-refractivity contribution in [1.29, 1.82) is 0 Å². The van der Waals surface area contributed by atoms with Crippen LogP contribution in [0.2, 0.25) is 0 Å². The Morgan fingerprint density at radius 2 is 1.96 bits per heavy atom. The Morgan fingerprint density at radius 1 is 1.30 bits per heavy atom. The van der Waals surface area contributed by atoms with E-state index in [1.807, 2.05) is 20.8 Å². The largest absolute Gasteiger partial charge is 0.486 e. The van der Waals surface area contributed by atoms with Crippen molar-refractivity contribution in [2.45, 2.75) is 57.5 Å². The Labute approximate surface area is 159 Å². The number of carbonyl (C=O) groups is 2. The van der Waals surface area contributed by atoms with E-state index in [1.165, 1.54) is 7.11 Å². The summed E-state index contributed by atoms with van der Waals surface area (Å²) >= 11 is 0. The molecule has 0 saturated carbocycles. The Morgan fingerprint density at radius 3 is 2.56 bits per heavy atom. The highest BCUT2D eigenvalue weighted by atomic mass is 16.6. The minimum Gasteiger partial charge on any atom is -0.486 e. The molecule has 0 radical (unpaired) electrons. The summed E-state index contributed by atoms with van der Waals surface area (Å²) < 4.78 is 16.6. The van der Waals surface area contributed by atoms with Crippen LogP contribution in [0, 0.1) is 0 Å². The van der Waals surface area contributed by atoms with Gasteiger partial charge in [-0.3, -0.25) is 4.79 Å². The Balaban J connectivity index is 1.74. The number of methoxy groups -OCH3 is 1. The average Bonchev–Trinajstić information content (AvgIpc) is 2.59. The van der Waals surface area contributed by atoms with Gasteiger partial charge in [-0.1, -0.05) is 12.1 Å². The summed E-state index contributed by atoms with van der Waals surface area (Å²) in [6.45, 7) is 6.45. The first-order chi connectivity index (χ1) is 12.6. The van der Waals surface area contributed by atoms with Crippen molar-refractivity contribution in [1.82, 2.24) is 4.90 Å². The molecular weight excluding hydrogens is 350 g/mol. The molecule has 2 heterocycles. The van der Waals surface area contributed by atoms with E-state index in [1.54, 1.807) is 23.1 Å². The van der Waals surface area contributed by atoms with Gasteiger partial charge in [0.2, 0.25) is 0 Å². The number of aliphatic hydroxyl groups excluding tert-OH is 1. The van der Waals surface area contributed by atoms with Gasteiger partial charge in [0, 0.05) is 38.6 Å². The number of hydrogen-bond donors (Lipinski definition) is 1. The number of Topliss-reactive ketones (excluding diaryl/α,β-unsaturated/α-hetero) is 1. The van der Waals surface area contributed by atoms with E-state index >= 15 is 0 Å². The molecule has 7 heteroatoms. The summed E-state index contributed by atoms with van der Waals surface area (Å²) in [4.78, 5) is 26.8. The maximum atomic E-state index is 12.9. The molecule has 7 nitrogen and oxygen atoms in total. The molecule has 1 atom stereocenters. The average molecular weight is 377 g/mol. The molecule has 1 fully saturated rings. The second kappa shape index (κ2) is 7.13. The predicted octanol–water partition coefficient (Wildman–Crippen LogP) is 3.06. The first-order valence-corrected chi connectivity index (χ1v) is 9.18. The molecule has 2 aliphatic heterocycles. The third-order valence-corrected chi connectivity index (χ3v) is 4.96. The zero-order chi connectivity index (χ0) is 19.8. The second-order valence-electron chi connectivity index (χ2n) is 8.16. The number of benzene rings is 1. The lowest BCUT2D eigenvalue weighted by molar-refractivity contribution is -0.0782. The van der Waals surface area contributed by atoms with E-state index in [2.05, 4.69) is 0 Å². The van der Waals surface area contributed by atoms with Crippen LogP contribution in [0.3, 0.4) is 0 Å². The number of piperidine rings is 1. The zero-order valence-electron chi connectivity index (χ0n) is 16.3. The van der Waals surface area contributed by atoms with Crippen LogP contribution in [0.25, 0.3) is 0 Å². The van der Waals surface area contributed by atoms with Gasteiger partial charge in [-0.05, 0) is 26.8 Å². The van der Waals surface area contributed by atoms with Crippen LogP contribution in [0.5, 0.6) is 5.75 Å². The van der Waals surface area contributed by atoms with Gasteiger partial charge in [-0.15, -0.1) is 0 Å². The summed E-state index contributed by atoms with van der Waals surface area (Å²) in [5.41, 5.74) is -0.367. The van der Waals surface area contributed by atoms with Crippen molar-refractivity contribution in [3.05, 3.63) is 29.3 Å². The van der Waals surface area contributed by atoms with Crippen LogP contribution in [-0.2, 0) is 9.47 Å². The monoisotopic (exact) mass is 377 g/mol. The highest BCUT2D eigenvalue weighted by Gasteiger charge is 2.45. The molecule has 1 aromatic rings. The first kappa shape index (κ1) is 19.6. The minimum absolute atomic E-state index is 0.0753. The molecule has 0 bridgehead atoms. The summed E-state index contributed by atoms with van der Waals surface area (Å²) in [7, 11) is 1.38. The van der Waals surface area contributed by atoms with Crippen LogP contribution < -0.4 is 4.74 Å². The van der Waals surface area contributed by atoms with Crippen molar-refractivity contribution >= 4 is 11.9 Å². The van der Waals surface area contributed by atoms with Crippen molar-refractivity contribution < 1.29 is 28.9 Å². The predicted molar refractivity (Wildman–Crippen MR) is 97.8 cm³/mol. The van der Waals surface area contributed by atoms with Gasteiger partial charge >= 0.3 is 6.09 Å². The first-order valence-electron chi connectivity index (χ1n) is 9.18. The summed E-state index contributed by atoms with van der Waals surface area (Å²) in [5, 5.41) is 10.0. The maximum Gasteiger partial charge on any atom is 0.410 e. The van der Waals surface area contributed by atoms with E-state index in [4.69, 9.17) is 14.2 Å². The van der Waals surface area contributed by atoms with E-state index in [-0.39, 0.29) is 18.3 Å². The fraction of sp³-hybridized carbons (Fsp3) is 0.600. The molecule has 0 aliphatic carbocycles. The highest BCUT2D eigenvalue weighted by molar-refractivity contribution is 6.01. The number of ketones is 1. The van der Waals surface area contributed by atoms with Gasteiger partial charge in [0.15, 0.2) is 12.1 Å². The van der Waals surface area contributed by atoms with Crippen molar-refractivity contribution in [3.8, 4) is 5.75 Å². The molecule has 1 N–H and O–H groups in total. The van der Waals surface area contributed by atoms with E-state index < -0.39 is 17.5 Å². The number of likely N-dealkylation sites (tertiary alicyclic amines) is 1. The van der Waals surface area contributed by atoms with Crippen LogP contribution >= 0.6 is 0 Å². The molecule has 1 unspecified atom stereocenters. The number of amides is 1. The normalized spacial score (nSPS) is 20.0. The quantitative estimate of drug-likeness (QED) is 0.798. The standard InChI is InChI=1S/C20H27NO6/c1-19(2,3)27-18(24)21-10-8-20(9-11-21)12-14(22)16-13(17(23)25-4)6-5-7-15(16)26-20/h5-7,17,23H,8-12H2,1-4H3. The van der Waals surface area contributed by atoms with Gasteiger partial charge in [0.05, 0.1) is 12.0 Å². The van der Waals surface area contributed by atoms with Crippen LogP contribution in [0.1, 0.15) is 62.2 Å². The zero-order valence-corrected chi connectivity index (χ0v) is 16.3. The molecule has 1 spiro atoms. The topological polar surface area (TPSA) is 85.3 Å². The van der Waals surface area contributed by atoms with Gasteiger partial charge in [-0.2, -0.15) is 0 Å². The lowest BCUT2D eigenvalue weighted by atomic mass is 9.81. The van der Waals surface area contributed by atoms with Crippen LogP contribution in [0.15, 0.2) is 18.2 Å². The number of aliphatic hydroxyl groups is 1. The third-order valence-electron chi connectivity index (χ3n) is 4.96. The highest BCUT2D eigenvalue weighted by Crippen LogP contribution is 2.41. The van der Waals surface area contributed by atoms with Gasteiger partial charge in [0.1, 0.15) is 17.0 Å². The molecule has 0 aromatic heterocycles. The van der Waals surface area contributed by atoms with Crippen LogP contribution in [0.4, 0.5) is 4.79 Å². The van der Waals surface area contributed by atoms with E-state index in [9.17, 15) is 14.7 Å². The number of nitrogens with zero attached hydrogens (tertiary/aromatic N) is 1. The Hall–Kier alpha value is -2.12. The summed E-state index contributed by atoms with van der Waals surface area (Å²) in [6, 6.07) is 5.14. The maximum absolute atomic E-state index is 12.9. The third kappa shape index (κ3) is 4.09. The molecule has 3 rings (SSSR count). The van der Waals surface area contributed by atoms with Gasteiger partial charge in [-0.25, -0.2) is 4.79 Å². The number of fused-ring (bicyclic) bond motifs is 1. The number of rotatable bonds is 2. The fourth-order valence-electron chi connectivity index (χ4n) is 3.62. The van der Waals surface area contributed by atoms with Crippen molar-refractivity contribution in [2.24, 2.45) is 0 Å². The molecule has 148 valence electrons. The molecule has 1 saturated heterocycles. The number of carbonyl (C=O) groups excluding carboxylic acids is 2. The molecular formula is C20H27NO6. The Bertz CT molecular complexity index is 730. The molecule has 27 heavy (non-hydrogen) atoms. The van der Waals surface area contributed by atoms with E-state index in [0.29, 0.717) is 42.8 Å². The molecule has 2 aliphatic rings. The lowest BCUT2D eigenvalue weighted by Gasteiger charge is -2.44. The number of hydrogen-bond acceptors (Lipinski definition) is 6. The smallest absolute Gasteiger partial charge is 0.410 e. The summed E-state index contributed by atoms with van der Waals surface area (Å²) in [6.07, 6.45) is -0.195. The van der Waals surface area contributed by atoms with Gasteiger partial charge in [0.25, 0.3) is 0 Å². The SMILES string of the molecule is COC(O)c1cccc2c1C(=O)CC1(CCN(C(=O)OC(C)(C)C)CC1)O2.